The van der Waals surface area contributed by atoms with E-state index in [1.54, 1.807) is 13.8 Å². The van der Waals surface area contributed by atoms with E-state index in [0.717, 1.165) is 0 Å². The van der Waals surface area contributed by atoms with Crippen LogP contribution in [0.2, 0.25) is 0 Å². The first-order valence-corrected chi connectivity index (χ1v) is 9.55. The van der Waals surface area contributed by atoms with Gasteiger partial charge in [0, 0.05) is 23.7 Å². The molecule has 0 saturated carbocycles. The number of rotatable bonds is 3. The molecule has 0 amide bonds. The van der Waals surface area contributed by atoms with Gasteiger partial charge in [-0.3, -0.25) is 9.59 Å². The smallest absolute Gasteiger partial charge is 0.312 e. The lowest BCUT2D eigenvalue weighted by molar-refractivity contribution is -0.163. The van der Waals surface area contributed by atoms with Crippen LogP contribution in [-0.4, -0.2) is 59.8 Å². The molecule has 0 radical (unpaired) electrons. The number of carbonyl (C=O) groups is 2. The molecule has 0 aromatic rings. The van der Waals surface area contributed by atoms with Gasteiger partial charge in [-0.2, -0.15) is 0 Å². The van der Waals surface area contributed by atoms with Crippen molar-refractivity contribution in [2.45, 2.75) is 56.6 Å². The molecule has 5 saturated heterocycles. The van der Waals surface area contributed by atoms with E-state index < -0.39 is 36.0 Å². The average molecular weight is 362 g/mol. The zero-order valence-electron chi connectivity index (χ0n) is 14.6. The number of aliphatic carboxylic acids is 1. The molecule has 6 heterocycles. The Bertz CT molecular complexity index is 717. The fourth-order valence-corrected chi connectivity index (χ4v) is 6.79. The molecular formula is C19H22O7. The predicted molar refractivity (Wildman–Crippen MR) is 84.9 cm³/mol. The number of carboxylic acid groups (broad SMARTS) is 1. The van der Waals surface area contributed by atoms with Crippen LogP contribution in [0.3, 0.4) is 0 Å². The minimum absolute atomic E-state index is 0.0194. The summed E-state index contributed by atoms with van der Waals surface area (Å²) in [5.74, 6) is -2.37. The Morgan fingerprint density at radius 2 is 1.38 bits per heavy atom. The fraction of sp³-hybridized carbons (Fsp3) is 0.789. The first-order chi connectivity index (χ1) is 12.5. The number of hydrogen-bond donors (Lipinski definition) is 1. The Labute approximate surface area is 150 Å². The molecule has 26 heavy (non-hydrogen) atoms. The molecule has 0 aliphatic carbocycles. The molecule has 7 nitrogen and oxygen atoms in total. The van der Waals surface area contributed by atoms with E-state index in [1.807, 2.05) is 0 Å². The third-order valence-electron chi connectivity index (χ3n) is 7.36. The van der Waals surface area contributed by atoms with Gasteiger partial charge in [0.1, 0.15) is 0 Å². The van der Waals surface area contributed by atoms with Crippen molar-refractivity contribution in [3.63, 3.8) is 0 Å². The van der Waals surface area contributed by atoms with Crippen molar-refractivity contribution in [2.75, 3.05) is 0 Å². The Morgan fingerprint density at radius 3 is 1.92 bits per heavy atom. The second-order valence-corrected chi connectivity index (χ2v) is 8.77. The van der Waals surface area contributed by atoms with Crippen molar-refractivity contribution in [2.24, 2.45) is 35.5 Å². The van der Waals surface area contributed by atoms with Crippen molar-refractivity contribution >= 4 is 11.9 Å². The van der Waals surface area contributed by atoms with E-state index in [-0.39, 0.29) is 48.3 Å². The molecule has 6 rings (SSSR count). The van der Waals surface area contributed by atoms with Crippen LogP contribution in [0.15, 0.2) is 12.2 Å². The van der Waals surface area contributed by atoms with Gasteiger partial charge < -0.3 is 24.1 Å². The summed E-state index contributed by atoms with van der Waals surface area (Å²) in [4.78, 5) is 24.6. The average Bonchev–Trinajstić information content (AvgIpc) is 3.37. The van der Waals surface area contributed by atoms with E-state index in [9.17, 15) is 14.7 Å². The van der Waals surface area contributed by atoms with E-state index in [1.165, 1.54) is 0 Å². The molecule has 0 aromatic carbocycles. The topological polar surface area (TPSA) is 91.3 Å². The standard InChI is InChI=1S/C19H22O7/c1-5(2)23-19(22)13-12(18(20)21)16-10-11(17(13)26-16)15-9-7-4-3-6(24-7)8(9)14(10)25-15/h3-17H,1-2H3,(H,20,21). The van der Waals surface area contributed by atoms with E-state index >= 15 is 0 Å². The summed E-state index contributed by atoms with van der Waals surface area (Å²) in [5.41, 5.74) is 0. The Morgan fingerprint density at radius 1 is 0.846 bits per heavy atom. The second kappa shape index (κ2) is 4.88. The van der Waals surface area contributed by atoms with Crippen molar-refractivity contribution < 1.29 is 33.6 Å². The van der Waals surface area contributed by atoms with Gasteiger partial charge >= 0.3 is 11.9 Å². The Hall–Kier alpha value is -1.44. The van der Waals surface area contributed by atoms with Crippen molar-refractivity contribution in [1.82, 2.24) is 0 Å². The summed E-state index contributed by atoms with van der Waals surface area (Å²) in [6, 6.07) is 0. The maximum absolute atomic E-state index is 12.7. The SMILES string of the molecule is CC(C)OC(=O)C1C2OC(C1C(=O)O)C1C3OC(C4C5C=CC(O5)C34)C21. The van der Waals surface area contributed by atoms with Crippen LogP contribution < -0.4 is 0 Å². The third kappa shape index (κ3) is 1.66. The van der Waals surface area contributed by atoms with Crippen molar-refractivity contribution in [1.29, 1.82) is 0 Å². The number of carbonyl (C=O) groups excluding carboxylic acids is 1. The maximum Gasteiger partial charge on any atom is 0.312 e. The summed E-state index contributed by atoms with van der Waals surface area (Å²) in [6.45, 7) is 3.55. The van der Waals surface area contributed by atoms with Gasteiger partial charge in [0.25, 0.3) is 0 Å². The highest BCUT2D eigenvalue weighted by atomic mass is 16.6. The molecule has 6 bridgehead atoms. The number of fused-ring (bicyclic) bond motifs is 16. The zero-order chi connectivity index (χ0) is 17.9. The van der Waals surface area contributed by atoms with E-state index in [4.69, 9.17) is 18.9 Å². The largest absolute Gasteiger partial charge is 0.481 e. The Balaban J connectivity index is 1.36. The summed E-state index contributed by atoms with van der Waals surface area (Å²) in [6.07, 6.45) is 3.13. The van der Waals surface area contributed by atoms with Crippen LogP contribution in [0.5, 0.6) is 0 Å². The van der Waals surface area contributed by atoms with Crippen molar-refractivity contribution in [3.8, 4) is 0 Å². The van der Waals surface area contributed by atoms with Gasteiger partial charge in [-0.05, 0) is 13.8 Å². The van der Waals surface area contributed by atoms with Crippen LogP contribution in [0, 0.1) is 35.5 Å². The van der Waals surface area contributed by atoms with Crippen LogP contribution in [0.25, 0.3) is 0 Å². The van der Waals surface area contributed by atoms with Gasteiger partial charge in [-0.15, -0.1) is 0 Å². The zero-order valence-corrected chi connectivity index (χ0v) is 14.6. The van der Waals surface area contributed by atoms with Crippen LogP contribution in [0.4, 0.5) is 0 Å². The molecule has 1 N–H and O–H groups in total. The van der Waals surface area contributed by atoms with Gasteiger partial charge in [0.2, 0.25) is 0 Å². The molecular weight excluding hydrogens is 340 g/mol. The van der Waals surface area contributed by atoms with Gasteiger partial charge in [0.15, 0.2) is 0 Å². The molecule has 140 valence electrons. The highest BCUT2D eigenvalue weighted by Crippen LogP contribution is 2.67. The highest BCUT2D eigenvalue weighted by Gasteiger charge is 2.77. The first kappa shape index (κ1) is 15.6. The normalized spacial score (nSPS) is 57.0. The minimum atomic E-state index is -0.981. The van der Waals surface area contributed by atoms with Crippen molar-refractivity contribution in [3.05, 3.63) is 12.2 Å². The number of ether oxygens (including phenoxy) is 4. The molecule has 12 atom stereocenters. The van der Waals surface area contributed by atoms with Crippen LogP contribution in [-0.2, 0) is 28.5 Å². The van der Waals surface area contributed by atoms with Gasteiger partial charge in [0.05, 0.1) is 54.6 Å². The van der Waals surface area contributed by atoms with Gasteiger partial charge in [-0.1, -0.05) is 12.2 Å². The second-order valence-electron chi connectivity index (χ2n) is 8.77. The van der Waals surface area contributed by atoms with Crippen LogP contribution in [0.1, 0.15) is 13.8 Å². The quantitative estimate of drug-likeness (QED) is 0.581. The lowest BCUT2D eigenvalue weighted by Gasteiger charge is -2.40. The molecule has 6 aliphatic rings. The maximum atomic E-state index is 12.7. The minimum Gasteiger partial charge on any atom is -0.481 e. The molecule has 0 aromatic heterocycles. The fourth-order valence-electron chi connectivity index (χ4n) is 6.79. The number of esters is 1. The number of hydrogen-bond acceptors (Lipinski definition) is 6. The summed E-state index contributed by atoms with van der Waals surface area (Å²) in [5, 5.41) is 9.81. The Kier molecular flexibility index (Phi) is 2.93. The molecule has 0 spiro atoms. The lowest BCUT2D eigenvalue weighted by Crippen LogP contribution is -2.55. The monoisotopic (exact) mass is 362 g/mol. The molecule has 7 heteroatoms. The molecule has 12 unspecified atom stereocenters. The van der Waals surface area contributed by atoms with E-state index in [0.29, 0.717) is 5.92 Å². The van der Waals surface area contributed by atoms with Gasteiger partial charge in [-0.25, -0.2) is 0 Å². The summed E-state index contributed by atoms with van der Waals surface area (Å²) >= 11 is 0. The molecule has 5 fully saturated rings. The summed E-state index contributed by atoms with van der Waals surface area (Å²) in [7, 11) is 0. The highest BCUT2D eigenvalue weighted by molar-refractivity contribution is 5.83. The first-order valence-electron chi connectivity index (χ1n) is 9.55. The summed E-state index contributed by atoms with van der Waals surface area (Å²) < 4.78 is 23.9. The third-order valence-corrected chi connectivity index (χ3v) is 7.36. The molecule has 6 aliphatic heterocycles. The lowest BCUT2D eigenvalue weighted by atomic mass is 9.57. The predicted octanol–water partition coefficient (Wildman–Crippen LogP) is 0.619. The number of carboxylic acids is 1. The van der Waals surface area contributed by atoms with Crippen LogP contribution >= 0.6 is 0 Å². The van der Waals surface area contributed by atoms with E-state index in [2.05, 4.69) is 12.2 Å².